The van der Waals surface area contributed by atoms with Crippen molar-refractivity contribution in [3.05, 3.63) is 0 Å². The van der Waals surface area contributed by atoms with Gasteiger partial charge in [0.1, 0.15) is 0 Å². The predicted octanol–water partition coefficient (Wildman–Crippen LogP) is 1.36. The van der Waals surface area contributed by atoms with Crippen molar-refractivity contribution in [2.45, 2.75) is 45.2 Å². The summed E-state index contributed by atoms with van der Waals surface area (Å²) >= 11 is 0. The van der Waals surface area contributed by atoms with Crippen molar-refractivity contribution in [2.75, 3.05) is 19.6 Å². The van der Waals surface area contributed by atoms with Crippen LogP contribution in [-0.4, -0.2) is 36.6 Å². The van der Waals surface area contributed by atoms with Gasteiger partial charge in [-0.3, -0.25) is 4.90 Å². The van der Waals surface area contributed by atoms with Gasteiger partial charge in [-0.25, -0.2) is 0 Å². The Labute approximate surface area is 87.1 Å². The minimum atomic E-state index is 0.471. The summed E-state index contributed by atoms with van der Waals surface area (Å²) in [6.45, 7) is 7.02. The van der Waals surface area contributed by atoms with Crippen LogP contribution in [0.25, 0.3) is 0 Å². The van der Waals surface area contributed by atoms with Crippen LogP contribution in [0.1, 0.15) is 33.1 Å². The number of rotatable bonds is 4. The summed E-state index contributed by atoms with van der Waals surface area (Å²) in [6.07, 6.45) is 3.89. The minimum Gasteiger partial charge on any atom is -0.313 e. The van der Waals surface area contributed by atoms with Gasteiger partial charge in [-0.05, 0) is 33.2 Å². The number of nitrogens with one attached hydrogen (secondary N) is 1. The van der Waals surface area contributed by atoms with Crippen molar-refractivity contribution >= 4 is 0 Å². The molecular formula is C11H21N3. The van der Waals surface area contributed by atoms with Crippen molar-refractivity contribution in [1.82, 2.24) is 10.2 Å². The Bertz CT molecular complexity index is 189. The molecular weight excluding hydrogens is 174 g/mol. The zero-order valence-electron chi connectivity index (χ0n) is 9.29. The summed E-state index contributed by atoms with van der Waals surface area (Å²) in [5.41, 5.74) is 0. The highest BCUT2D eigenvalue weighted by Gasteiger charge is 2.17. The number of nitrogens with zero attached hydrogens (tertiary/aromatic N) is 2. The molecule has 14 heavy (non-hydrogen) atoms. The van der Waals surface area contributed by atoms with Gasteiger partial charge in [-0.2, -0.15) is 5.26 Å². The highest BCUT2D eigenvalue weighted by molar-refractivity contribution is 4.83. The van der Waals surface area contributed by atoms with Crippen LogP contribution in [0.5, 0.6) is 0 Å². The molecule has 0 aromatic carbocycles. The van der Waals surface area contributed by atoms with E-state index in [2.05, 4.69) is 30.1 Å². The second kappa shape index (κ2) is 6.00. The Morgan fingerprint density at radius 1 is 1.50 bits per heavy atom. The molecule has 80 valence electrons. The van der Waals surface area contributed by atoms with Crippen LogP contribution >= 0.6 is 0 Å². The van der Waals surface area contributed by atoms with Crippen LogP contribution < -0.4 is 5.32 Å². The van der Waals surface area contributed by atoms with E-state index >= 15 is 0 Å². The molecule has 1 fully saturated rings. The van der Waals surface area contributed by atoms with Crippen LogP contribution in [0.4, 0.5) is 0 Å². The summed E-state index contributed by atoms with van der Waals surface area (Å²) in [5.74, 6) is 0. The fourth-order valence-electron chi connectivity index (χ4n) is 1.91. The molecule has 0 saturated carbocycles. The van der Waals surface area contributed by atoms with Crippen LogP contribution in [0.2, 0.25) is 0 Å². The SMILES string of the molecule is CC(C)N(CC#N)CC1CCCCN1. The van der Waals surface area contributed by atoms with E-state index in [1.54, 1.807) is 0 Å². The topological polar surface area (TPSA) is 39.1 Å². The summed E-state index contributed by atoms with van der Waals surface area (Å²) in [7, 11) is 0. The van der Waals surface area contributed by atoms with Gasteiger partial charge in [0.05, 0.1) is 12.6 Å². The van der Waals surface area contributed by atoms with Crippen LogP contribution in [0.3, 0.4) is 0 Å². The van der Waals surface area contributed by atoms with Gasteiger partial charge in [-0.15, -0.1) is 0 Å². The standard InChI is InChI=1S/C11H21N3/c1-10(2)14(8-6-12)9-11-5-3-4-7-13-11/h10-11,13H,3-5,7-9H2,1-2H3. The van der Waals surface area contributed by atoms with Crippen molar-refractivity contribution in [2.24, 2.45) is 0 Å². The van der Waals surface area contributed by atoms with Gasteiger partial charge >= 0.3 is 0 Å². The summed E-state index contributed by atoms with van der Waals surface area (Å²) < 4.78 is 0. The van der Waals surface area contributed by atoms with E-state index in [-0.39, 0.29) is 0 Å². The van der Waals surface area contributed by atoms with E-state index in [1.165, 1.54) is 19.3 Å². The third kappa shape index (κ3) is 3.65. The summed E-state index contributed by atoms with van der Waals surface area (Å²) in [5, 5.41) is 12.2. The van der Waals surface area contributed by atoms with E-state index in [1.807, 2.05) is 0 Å². The molecule has 0 amide bonds. The monoisotopic (exact) mass is 195 g/mol. The lowest BCUT2D eigenvalue weighted by molar-refractivity contribution is 0.205. The quantitative estimate of drug-likeness (QED) is 0.688. The van der Waals surface area contributed by atoms with Gasteiger partial charge in [0.25, 0.3) is 0 Å². The fraction of sp³-hybridized carbons (Fsp3) is 0.909. The van der Waals surface area contributed by atoms with Crippen molar-refractivity contribution < 1.29 is 0 Å². The molecule has 3 heteroatoms. The van der Waals surface area contributed by atoms with Crippen molar-refractivity contribution in [3.63, 3.8) is 0 Å². The number of nitriles is 1. The highest BCUT2D eigenvalue weighted by Crippen LogP contribution is 2.09. The Morgan fingerprint density at radius 3 is 2.79 bits per heavy atom. The Balaban J connectivity index is 2.34. The van der Waals surface area contributed by atoms with Gasteiger partial charge in [0, 0.05) is 18.6 Å². The normalized spacial score (nSPS) is 22.6. The van der Waals surface area contributed by atoms with Gasteiger partial charge in [0.15, 0.2) is 0 Å². The lowest BCUT2D eigenvalue weighted by Crippen LogP contribution is -2.46. The molecule has 3 nitrogen and oxygen atoms in total. The van der Waals surface area contributed by atoms with Gasteiger partial charge < -0.3 is 5.32 Å². The van der Waals surface area contributed by atoms with Crippen LogP contribution in [0.15, 0.2) is 0 Å². The van der Waals surface area contributed by atoms with E-state index < -0.39 is 0 Å². The molecule has 0 aromatic heterocycles. The first kappa shape index (κ1) is 11.5. The second-order valence-corrected chi connectivity index (χ2v) is 4.33. The van der Waals surface area contributed by atoms with E-state index in [0.29, 0.717) is 18.6 Å². The molecule has 0 aliphatic carbocycles. The van der Waals surface area contributed by atoms with Crippen molar-refractivity contribution in [1.29, 1.82) is 5.26 Å². The first-order valence-corrected chi connectivity index (χ1v) is 5.58. The zero-order valence-corrected chi connectivity index (χ0v) is 9.29. The Kier molecular flexibility index (Phi) is 4.92. The maximum Gasteiger partial charge on any atom is 0.0868 e. The molecule has 0 spiro atoms. The van der Waals surface area contributed by atoms with E-state index in [9.17, 15) is 0 Å². The molecule has 1 unspecified atom stereocenters. The molecule has 1 rings (SSSR count). The average Bonchev–Trinajstić information content (AvgIpc) is 2.18. The molecule has 0 aromatic rings. The molecule has 1 N–H and O–H groups in total. The molecule has 1 saturated heterocycles. The summed E-state index contributed by atoms with van der Waals surface area (Å²) in [6, 6.07) is 3.30. The maximum atomic E-state index is 8.70. The molecule has 0 bridgehead atoms. The maximum absolute atomic E-state index is 8.70. The van der Waals surface area contributed by atoms with Crippen LogP contribution in [-0.2, 0) is 0 Å². The third-order valence-electron chi connectivity index (χ3n) is 2.87. The van der Waals surface area contributed by atoms with E-state index in [0.717, 1.165) is 13.1 Å². The minimum absolute atomic E-state index is 0.471. The third-order valence-corrected chi connectivity index (χ3v) is 2.87. The second-order valence-electron chi connectivity index (χ2n) is 4.33. The summed E-state index contributed by atoms with van der Waals surface area (Å²) in [4.78, 5) is 2.24. The average molecular weight is 195 g/mol. The smallest absolute Gasteiger partial charge is 0.0868 e. The molecule has 1 aliphatic heterocycles. The van der Waals surface area contributed by atoms with Crippen molar-refractivity contribution in [3.8, 4) is 6.07 Å². The Hall–Kier alpha value is -0.590. The lowest BCUT2D eigenvalue weighted by Gasteiger charge is -2.31. The first-order valence-electron chi connectivity index (χ1n) is 5.58. The fourth-order valence-corrected chi connectivity index (χ4v) is 1.91. The molecule has 1 aliphatic rings. The zero-order chi connectivity index (χ0) is 10.4. The molecule has 1 atom stereocenters. The van der Waals surface area contributed by atoms with E-state index in [4.69, 9.17) is 5.26 Å². The van der Waals surface area contributed by atoms with Crippen LogP contribution in [0, 0.1) is 11.3 Å². The van der Waals surface area contributed by atoms with Gasteiger partial charge in [0.2, 0.25) is 0 Å². The molecule has 1 heterocycles. The highest BCUT2D eigenvalue weighted by atomic mass is 15.2. The number of piperidine rings is 1. The largest absolute Gasteiger partial charge is 0.313 e. The Morgan fingerprint density at radius 2 is 2.29 bits per heavy atom. The predicted molar refractivity (Wildman–Crippen MR) is 58.0 cm³/mol. The first-order chi connectivity index (χ1) is 6.74. The number of hydrogen-bond donors (Lipinski definition) is 1. The lowest BCUT2D eigenvalue weighted by atomic mass is 10.0. The van der Waals surface area contributed by atoms with Gasteiger partial charge in [-0.1, -0.05) is 6.42 Å². The number of hydrogen-bond acceptors (Lipinski definition) is 3. The molecule has 0 radical (unpaired) electrons.